The first-order valence-corrected chi connectivity index (χ1v) is 5.58. The van der Waals surface area contributed by atoms with Crippen LogP contribution in [0.15, 0.2) is 34.9 Å². The largest absolute Gasteiger partial charge is 0.314 e. The molecular weight excluding hydrogens is 194 g/mol. The van der Waals surface area contributed by atoms with Crippen LogP contribution in [0, 0.1) is 0 Å². The van der Waals surface area contributed by atoms with Crippen LogP contribution < -0.4 is 0 Å². The zero-order valence-corrected chi connectivity index (χ0v) is 9.60. The molecule has 0 aromatic carbocycles. The summed E-state index contributed by atoms with van der Waals surface area (Å²) in [5, 5.41) is 0. The van der Waals surface area contributed by atoms with Gasteiger partial charge in [0.05, 0.1) is 11.4 Å². The molecule has 0 unspecified atom stereocenters. The van der Waals surface area contributed by atoms with Gasteiger partial charge in [-0.25, -0.2) is 0 Å². The number of carbonyl (C=O) groups excluding carboxylic acids is 1. The monoisotopic (exact) mass is 209 g/mol. The predicted molar refractivity (Wildman–Crippen MR) is 61.9 cm³/mol. The van der Waals surface area contributed by atoms with Gasteiger partial charge in [-0.05, 0) is 19.9 Å². The molecule has 1 amide bonds. The van der Waals surface area contributed by atoms with Crippen LogP contribution in [-0.4, -0.2) is 23.6 Å². The fourth-order valence-electron chi connectivity index (χ4n) is 1.22. The Balaban J connectivity index is 2.99. The third kappa shape index (κ3) is 2.29. The van der Waals surface area contributed by atoms with Crippen molar-refractivity contribution in [3.05, 3.63) is 34.9 Å². The van der Waals surface area contributed by atoms with Crippen LogP contribution in [0.2, 0.25) is 0 Å². The van der Waals surface area contributed by atoms with Gasteiger partial charge in [0, 0.05) is 12.0 Å². The Morgan fingerprint density at radius 2 is 2.14 bits per heavy atom. The third-order valence-corrected chi connectivity index (χ3v) is 3.19. The minimum Gasteiger partial charge on any atom is -0.314 e. The molecule has 1 rings (SSSR count). The zero-order chi connectivity index (χ0) is 10.6. The number of carbonyl (C=O) groups is 1. The van der Waals surface area contributed by atoms with Crippen molar-refractivity contribution in [1.29, 1.82) is 0 Å². The summed E-state index contributed by atoms with van der Waals surface area (Å²) < 4.78 is 0. The van der Waals surface area contributed by atoms with Gasteiger partial charge in [-0.3, -0.25) is 4.79 Å². The van der Waals surface area contributed by atoms with Crippen LogP contribution in [0.3, 0.4) is 0 Å². The van der Waals surface area contributed by atoms with Crippen LogP contribution in [0.1, 0.15) is 13.8 Å². The van der Waals surface area contributed by atoms with E-state index in [-0.39, 0.29) is 5.91 Å². The highest BCUT2D eigenvalue weighted by molar-refractivity contribution is 8.04. The summed E-state index contributed by atoms with van der Waals surface area (Å²) in [5.41, 5.74) is 0.992. The molecule has 2 nitrogen and oxygen atoms in total. The van der Waals surface area contributed by atoms with Gasteiger partial charge >= 0.3 is 0 Å². The topological polar surface area (TPSA) is 20.3 Å². The van der Waals surface area contributed by atoms with Gasteiger partial charge in [-0.15, -0.1) is 11.8 Å². The molecule has 0 atom stereocenters. The van der Waals surface area contributed by atoms with Crippen LogP contribution in [-0.2, 0) is 4.79 Å². The Morgan fingerprint density at radius 3 is 2.71 bits per heavy atom. The summed E-state index contributed by atoms with van der Waals surface area (Å²) in [5.74, 6) is 0.708. The van der Waals surface area contributed by atoms with E-state index in [0.29, 0.717) is 5.75 Å². The van der Waals surface area contributed by atoms with Crippen molar-refractivity contribution >= 4 is 17.7 Å². The lowest BCUT2D eigenvalue weighted by Crippen LogP contribution is -2.31. The lowest BCUT2D eigenvalue weighted by Gasteiger charge is -2.27. The maximum absolute atomic E-state index is 11.4. The fraction of sp³-hybridized carbons (Fsp3) is 0.364. The summed E-state index contributed by atoms with van der Waals surface area (Å²) in [6.07, 6.45) is 7.93. The van der Waals surface area contributed by atoms with Crippen LogP contribution in [0.4, 0.5) is 0 Å². The van der Waals surface area contributed by atoms with Gasteiger partial charge in [-0.2, -0.15) is 0 Å². The van der Waals surface area contributed by atoms with E-state index in [1.165, 1.54) is 4.91 Å². The number of amides is 1. The van der Waals surface area contributed by atoms with Crippen LogP contribution in [0.5, 0.6) is 0 Å². The zero-order valence-electron chi connectivity index (χ0n) is 8.78. The van der Waals surface area contributed by atoms with Gasteiger partial charge in [0.15, 0.2) is 0 Å². The Kier molecular flexibility index (Phi) is 4.01. The van der Waals surface area contributed by atoms with Crippen molar-refractivity contribution in [2.75, 3.05) is 12.8 Å². The van der Waals surface area contributed by atoms with Gasteiger partial charge in [-0.1, -0.05) is 18.2 Å². The van der Waals surface area contributed by atoms with Gasteiger partial charge in [0.25, 0.3) is 0 Å². The average Bonchev–Trinajstić information content (AvgIpc) is 2.20. The Hall–Kier alpha value is -0.960. The molecule has 0 bridgehead atoms. The molecule has 0 N–H and O–H groups in total. The Bertz CT molecular complexity index is 315. The number of rotatable bonds is 1. The second-order valence-electron chi connectivity index (χ2n) is 2.97. The summed E-state index contributed by atoms with van der Waals surface area (Å²) in [6.45, 7) is 3.96. The van der Waals surface area contributed by atoms with Gasteiger partial charge < -0.3 is 4.90 Å². The Labute approximate surface area is 89.4 Å². The molecule has 3 heteroatoms. The second-order valence-corrected chi connectivity index (χ2v) is 3.99. The van der Waals surface area contributed by atoms with Gasteiger partial charge in [0.2, 0.25) is 5.91 Å². The average molecular weight is 209 g/mol. The number of allylic oxidation sites excluding steroid dienone is 4. The third-order valence-electron chi connectivity index (χ3n) is 2.05. The van der Waals surface area contributed by atoms with Crippen molar-refractivity contribution in [2.45, 2.75) is 13.8 Å². The lowest BCUT2D eigenvalue weighted by atomic mass is 10.3. The molecule has 0 radical (unpaired) electrons. The Morgan fingerprint density at radius 1 is 1.43 bits per heavy atom. The van der Waals surface area contributed by atoms with Crippen LogP contribution in [0.25, 0.3) is 0 Å². The molecule has 1 fully saturated rings. The van der Waals surface area contributed by atoms with E-state index in [2.05, 4.69) is 0 Å². The van der Waals surface area contributed by atoms with E-state index in [0.717, 1.165) is 5.70 Å². The number of hydrogen-bond acceptors (Lipinski definition) is 2. The quantitative estimate of drug-likeness (QED) is 0.661. The molecule has 1 heterocycles. The summed E-state index contributed by atoms with van der Waals surface area (Å²) in [7, 11) is 1.82. The SMILES string of the molecule is C\C=C/C=C1\C(=C/C)SCC(=O)N1C. The van der Waals surface area contributed by atoms with Crippen LogP contribution >= 0.6 is 11.8 Å². The molecule has 76 valence electrons. The fourth-order valence-corrected chi connectivity index (χ4v) is 2.21. The van der Waals surface area contributed by atoms with E-state index >= 15 is 0 Å². The molecule has 1 aliphatic rings. The van der Waals surface area contributed by atoms with E-state index < -0.39 is 0 Å². The second kappa shape index (κ2) is 5.05. The van der Waals surface area contributed by atoms with Crippen molar-refractivity contribution < 1.29 is 4.79 Å². The van der Waals surface area contributed by atoms with Crippen molar-refractivity contribution in [3.63, 3.8) is 0 Å². The number of nitrogens with zero attached hydrogens (tertiary/aromatic N) is 1. The molecule has 0 aliphatic carbocycles. The van der Waals surface area contributed by atoms with Crippen molar-refractivity contribution in [1.82, 2.24) is 4.90 Å². The molecule has 0 aromatic heterocycles. The van der Waals surface area contributed by atoms with E-state index in [4.69, 9.17) is 0 Å². The predicted octanol–water partition coefficient (Wildman–Crippen LogP) is 2.56. The molecule has 14 heavy (non-hydrogen) atoms. The smallest absolute Gasteiger partial charge is 0.237 e. The maximum Gasteiger partial charge on any atom is 0.237 e. The summed E-state index contributed by atoms with van der Waals surface area (Å²) >= 11 is 1.60. The first-order chi connectivity index (χ1) is 6.70. The molecule has 0 aromatic rings. The first-order valence-electron chi connectivity index (χ1n) is 4.59. The standard InChI is InChI=1S/C11H15NOS/c1-4-6-7-9-10(5-2)14-8-11(13)12(9)3/h4-7H,8H2,1-3H3/b6-4-,9-7+,10-5+. The molecule has 1 aliphatic heterocycles. The van der Waals surface area contributed by atoms with E-state index in [1.54, 1.807) is 16.7 Å². The number of likely N-dealkylation sites (N-methyl/N-ethyl adjacent to an activating group) is 1. The molecule has 1 saturated heterocycles. The molecule has 0 spiro atoms. The minimum atomic E-state index is 0.163. The lowest BCUT2D eigenvalue weighted by molar-refractivity contribution is -0.125. The summed E-state index contributed by atoms with van der Waals surface area (Å²) in [6, 6.07) is 0. The summed E-state index contributed by atoms with van der Waals surface area (Å²) in [4.78, 5) is 14.3. The number of hydrogen-bond donors (Lipinski definition) is 0. The highest BCUT2D eigenvalue weighted by atomic mass is 32.2. The normalized spacial score (nSPS) is 24.2. The highest BCUT2D eigenvalue weighted by Crippen LogP contribution is 2.31. The minimum absolute atomic E-state index is 0.163. The molecule has 0 saturated carbocycles. The number of thioether (sulfide) groups is 1. The van der Waals surface area contributed by atoms with Crippen molar-refractivity contribution in [3.8, 4) is 0 Å². The molecular formula is C11H15NOS. The van der Waals surface area contributed by atoms with Crippen molar-refractivity contribution in [2.24, 2.45) is 0 Å². The first kappa shape index (κ1) is 11.1. The maximum atomic E-state index is 11.4. The van der Waals surface area contributed by atoms with E-state index in [1.807, 2.05) is 45.2 Å². The van der Waals surface area contributed by atoms with Gasteiger partial charge in [0.1, 0.15) is 0 Å². The van der Waals surface area contributed by atoms with E-state index in [9.17, 15) is 4.79 Å². The highest BCUT2D eigenvalue weighted by Gasteiger charge is 2.22.